The van der Waals surface area contributed by atoms with Gasteiger partial charge in [0, 0.05) is 28.7 Å². The van der Waals surface area contributed by atoms with Gasteiger partial charge in [-0.05, 0) is 24.6 Å². The smallest absolute Gasteiger partial charge is 0.0388 e. The van der Waals surface area contributed by atoms with Crippen molar-refractivity contribution in [2.75, 3.05) is 11.9 Å². The van der Waals surface area contributed by atoms with E-state index in [-0.39, 0.29) is 6.04 Å². The van der Waals surface area contributed by atoms with E-state index in [1.807, 2.05) is 0 Å². The molecule has 0 fully saturated rings. The van der Waals surface area contributed by atoms with E-state index < -0.39 is 0 Å². The summed E-state index contributed by atoms with van der Waals surface area (Å²) in [5.74, 6) is 0.461. The maximum Gasteiger partial charge on any atom is 0.0388 e. The molecule has 3 heteroatoms. The molecule has 2 nitrogen and oxygen atoms in total. The number of halogens is 1. The van der Waals surface area contributed by atoms with Gasteiger partial charge in [0.1, 0.15) is 0 Å². The van der Waals surface area contributed by atoms with E-state index in [0.29, 0.717) is 5.92 Å². The number of benzene rings is 1. The zero-order valence-electron chi connectivity index (χ0n) is 7.55. The quantitative estimate of drug-likeness (QED) is 0.791. The second-order valence-electron chi connectivity index (χ2n) is 3.58. The summed E-state index contributed by atoms with van der Waals surface area (Å²) < 4.78 is 1.11. The fraction of sp³-hybridized carbons (Fsp3) is 0.400. The van der Waals surface area contributed by atoms with Crippen LogP contribution in [0.15, 0.2) is 22.7 Å². The molecule has 3 N–H and O–H groups in total. The Hall–Kier alpha value is -0.540. The van der Waals surface area contributed by atoms with Crippen molar-refractivity contribution in [3.8, 4) is 0 Å². The Morgan fingerprint density at radius 3 is 3.08 bits per heavy atom. The first-order chi connectivity index (χ1) is 6.18. The topological polar surface area (TPSA) is 38.0 Å². The van der Waals surface area contributed by atoms with Crippen molar-refractivity contribution in [2.24, 2.45) is 5.73 Å². The van der Waals surface area contributed by atoms with E-state index in [4.69, 9.17) is 5.73 Å². The summed E-state index contributed by atoms with van der Waals surface area (Å²) in [6, 6.07) is 6.54. The Balaban J connectivity index is 2.38. The molecule has 1 aliphatic heterocycles. The van der Waals surface area contributed by atoms with Crippen LogP contribution in [0.25, 0.3) is 0 Å². The fourth-order valence-corrected chi connectivity index (χ4v) is 2.17. The molecule has 2 unspecified atom stereocenters. The maximum absolute atomic E-state index is 5.90. The van der Waals surface area contributed by atoms with Crippen molar-refractivity contribution in [2.45, 2.75) is 18.9 Å². The van der Waals surface area contributed by atoms with Gasteiger partial charge < -0.3 is 11.1 Å². The number of hydrogen-bond donors (Lipinski definition) is 2. The molecule has 70 valence electrons. The second kappa shape index (κ2) is 3.31. The highest BCUT2D eigenvalue weighted by molar-refractivity contribution is 9.10. The minimum Gasteiger partial charge on any atom is -0.384 e. The first kappa shape index (κ1) is 9.03. The Morgan fingerprint density at radius 1 is 1.62 bits per heavy atom. The third-order valence-corrected chi connectivity index (χ3v) is 3.06. The lowest BCUT2D eigenvalue weighted by Gasteiger charge is -2.13. The normalized spacial score (nSPS) is 22.2. The number of nitrogens with two attached hydrogens (primary N) is 1. The van der Waals surface area contributed by atoms with E-state index in [2.05, 4.69) is 46.4 Å². The van der Waals surface area contributed by atoms with Crippen LogP contribution in [0.1, 0.15) is 18.4 Å². The van der Waals surface area contributed by atoms with Gasteiger partial charge in [-0.2, -0.15) is 0 Å². The predicted molar refractivity (Wildman–Crippen MR) is 59.0 cm³/mol. The molecule has 0 radical (unpaired) electrons. The van der Waals surface area contributed by atoms with Crippen molar-refractivity contribution in [3.05, 3.63) is 28.2 Å². The lowest BCUT2D eigenvalue weighted by Crippen LogP contribution is -2.25. The molecule has 1 aliphatic rings. The summed E-state index contributed by atoms with van der Waals surface area (Å²) in [6.07, 6.45) is 0. The van der Waals surface area contributed by atoms with Gasteiger partial charge in [0.25, 0.3) is 0 Å². The van der Waals surface area contributed by atoms with Crippen LogP contribution >= 0.6 is 15.9 Å². The second-order valence-corrected chi connectivity index (χ2v) is 4.49. The van der Waals surface area contributed by atoms with E-state index in [9.17, 15) is 0 Å². The molecule has 13 heavy (non-hydrogen) atoms. The molecule has 1 aromatic carbocycles. The Morgan fingerprint density at radius 2 is 2.38 bits per heavy atom. The zero-order valence-corrected chi connectivity index (χ0v) is 9.14. The third kappa shape index (κ3) is 1.58. The number of anilines is 1. The average molecular weight is 241 g/mol. The van der Waals surface area contributed by atoms with E-state index in [1.54, 1.807) is 0 Å². The molecule has 0 spiro atoms. The van der Waals surface area contributed by atoms with Crippen LogP contribution in [0.2, 0.25) is 0 Å². The van der Waals surface area contributed by atoms with Gasteiger partial charge in [0.15, 0.2) is 0 Å². The van der Waals surface area contributed by atoms with Gasteiger partial charge in [0.05, 0.1) is 0 Å². The van der Waals surface area contributed by atoms with E-state index in [1.165, 1.54) is 11.3 Å². The summed E-state index contributed by atoms with van der Waals surface area (Å²) in [4.78, 5) is 0. The summed E-state index contributed by atoms with van der Waals surface area (Å²) >= 11 is 3.45. The fourth-order valence-electron chi connectivity index (χ4n) is 1.80. The van der Waals surface area contributed by atoms with E-state index >= 15 is 0 Å². The number of fused-ring (bicyclic) bond motifs is 1. The van der Waals surface area contributed by atoms with Crippen molar-refractivity contribution in [1.82, 2.24) is 0 Å². The first-order valence-corrected chi connectivity index (χ1v) is 5.26. The SMILES string of the molecule is CC(N)C1CNc2cc(Br)ccc21. The standard InChI is InChI=1S/C10H13BrN2/c1-6(12)9-5-13-10-4-7(11)2-3-8(9)10/h2-4,6,9,13H,5,12H2,1H3. The Labute approximate surface area is 86.6 Å². The van der Waals surface area contributed by atoms with Crippen LogP contribution in [0.4, 0.5) is 5.69 Å². The highest BCUT2D eigenvalue weighted by Gasteiger charge is 2.24. The molecule has 0 bridgehead atoms. The highest BCUT2D eigenvalue weighted by Crippen LogP contribution is 2.34. The largest absolute Gasteiger partial charge is 0.384 e. The van der Waals surface area contributed by atoms with Gasteiger partial charge in [-0.25, -0.2) is 0 Å². The zero-order chi connectivity index (χ0) is 9.42. The van der Waals surface area contributed by atoms with Crippen LogP contribution < -0.4 is 11.1 Å². The van der Waals surface area contributed by atoms with Crippen molar-refractivity contribution < 1.29 is 0 Å². The lowest BCUT2D eigenvalue weighted by atomic mass is 9.95. The van der Waals surface area contributed by atoms with E-state index in [0.717, 1.165) is 11.0 Å². The Kier molecular flexibility index (Phi) is 2.30. The molecular weight excluding hydrogens is 228 g/mol. The van der Waals surface area contributed by atoms with Crippen molar-refractivity contribution in [3.63, 3.8) is 0 Å². The maximum atomic E-state index is 5.90. The van der Waals surface area contributed by atoms with Crippen LogP contribution in [0, 0.1) is 0 Å². The molecular formula is C10H13BrN2. The molecule has 1 heterocycles. The van der Waals surface area contributed by atoms with Crippen LogP contribution in [0.3, 0.4) is 0 Å². The number of nitrogens with one attached hydrogen (secondary N) is 1. The van der Waals surface area contributed by atoms with Crippen LogP contribution in [-0.4, -0.2) is 12.6 Å². The average Bonchev–Trinajstić information content (AvgIpc) is 2.46. The monoisotopic (exact) mass is 240 g/mol. The third-order valence-electron chi connectivity index (χ3n) is 2.56. The number of hydrogen-bond acceptors (Lipinski definition) is 2. The van der Waals surface area contributed by atoms with Gasteiger partial charge in [-0.3, -0.25) is 0 Å². The first-order valence-electron chi connectivity index (χ1n) is 4.47. The summed E-state index contributed by atoms with van der Waals surface area (Å²) in [6.45, 7) is 3.02. The Bertz CT molecular complexity index is 323. The molecule has 0 aromatic heterocycles. The summed E-state index contributed by atoms with van der Waals surface area (Å²) in [7, 11) is 0. The minimum atomic E-state index is 0.218. The van der Waals surface area contributed by atoms with Crippen LogP contribution in [0.5, 0.6) is 0 Å². The highest BCUT2D eigenvalue weighted by atomic mass is 79.9. The molecule has 0 saturated carbocycles. The number of rotatable bonds is 1. The lowest BCUT2D eigenvalue weighted by molar-refractivity contribution is 0.610. The van der Waals surface area contributed by atoms with Gasteiger partial charge >= 0.3 is 0 Å². The van der Waals surface area contributed by atoms with Gasteiger partial charge in [-0.1, -0.05) is 22.0 Å². The molecule has 2 rings (SSSR count). The summed E-state index contributed by atoms with van der Waals surface area (Å²) in [5.41, 5.74) is 8.46. The molecule has 1 aromatic rings. The molecule has 0 saturated heterocycles. The predicted octanol–water partition coefficient (Wildman–Crippen LogP) is 2.31. The molecule has 2 atom stereocenters. The van der Waals surface area contributed by atoms with Gasteiger partial charge in [0.2, 0.25) is 0 Å². The van der Waals surface area contributed by atoms with Crippen molar-refractivity contribution >= 4 is 21.6 Å². The van der Waals surface area contributed by atoms with Gasteiger partial charge in [-0.15, -0.1) is 0 Å². The van der Waals surface area contributed by atoms with Crippen molar-refractivity contribution in [1.29, 1.82) is 0 Å². The molecule has 0 aliphatic carbocycles. The van der Waals surface area contributed by atoms with Crippen LogP contribution in [-0.2, 0) is 0 Å². The summed E-state index contributed by atoms with van der Waals surface area (Å²) in [5, 5.41) is 3.36. The minimum absolute atomic E-state index is 0.218. The molecule has 0 amide bonds.